The van der Waals surface area contributed by atoms with Crippen LogP contribution >= 0.6 is 15.9 Å². The van der Waals surface area contributed by atoms with E-state index < -0.39 is 12.0 Å². The molecule has 0 aliphatic heterocycles. The van der Waals surface area contributed by atoms with Gasteiger partial charge in [-0.1, -0.05) is 41.8 Å². The number of aliphatic carboxylic acids is 1. The lowest BCUT2D eigenvalue weighted by Crippen LogP contribution is -2.43. The van der Waals surface area contributed by atoms with Crippen molar-refractivity contribution in [1.82, 2.24) is 5.32 Å². The number of carboxylic acid groups (broad SMARTS) is 1. The van der Waals surface area contributed by atoms with Crippen molar-refractivity contribution in [2.24, 2.45) is 0 Å². The minimum Gasteiger partial charge on any atom is -0.480 e. The van der Waals surface area contributed by atoms with Gasteiger partial charge in [0.1, 0.15) is 11.9 Å². The molecule has 2 N–H and O–H groups in total. The van der Waals surface area contributed by atoms with Gasteiger partial charge < -0.3 is 10.4 Å². The molecule has 0 amide bonds. The molecule has 0 saturated carbocycles. The number of hydrogen-bond donors (Lipinski definition) is 2. The molecule has 0 bridgehead atoms. The fourth-order valence-corrected chi connectivity index (χ4v) is 2.62. The van der Waals surface area contributed by atoms with Gasteiger partial charge in [0, 0.05) is 10.5 Å². The van der Waals surface area contributed by atoms with E-state index in [4.69, 9.17) is 0 Å². The van der Waals surface area contributed by atoms with Gasteiger partial charge in [0.2, 0.25) is 0 Å². The predicted molar refractivity (Wildman–Crippen MR) is 81.4 cm³/mol. The van der Waals surface area contributed by atoms with Crippen LogP contribution in [0.5, 0.6) is 0 Å². The van der Waals surface area contributed by atoms with Crippen molar-refractivity contribution < 1.29 is 14.3 Å². The van der Waals surface area contributed by atoms with E-state index in [0.29, 0.717) is 17.3 Å². The van der Waals surface area contributed by atoms with E-state index >= 15 is 0 Å². The van der Waals surface area contributed by atoms with E-state index in [1.54, 1.807) is 6.07 Å². The molecule has 112 valence electrons. The van der Waals surface area contributed by atoms with E-state index in [9.17, 15) is 14.3 Å². The molecule has 0 saturated heterocycles. The summed E-state index contributed by atoms with van der Waals surface area (Å²) in [6.45, 7) is 3.98. The summed E-state index contributed by atoms with van der Waals surface area (Å²) < 4.78 is 13.7. The molecule has 3 nitrogen and oxygen atoms in total. The highest BCUT2D eigenvalue weighted by Gasteiger charge is 2.19. The SMILES string of the molecule is CCCC[C@H](NC(C)Cc1ccc(F)cc1Br)C(=O)O. The van der Waals surface area contributed by atoms with Crippen LogP contribution in [0.3, 0.4) is 0 Å². The van der Waals surface area contributed by atoms with Gasteiger partial charge in [0.25, 0.3) is 0 Å². The summed E-state index contributed by atoms with van der Waals surface area (Å²) in [5.74, 6) is -1.10. The fraction of sp³-hybridized carbons (Fsp3) is 0.533. The molecule has 0 aliphatic carbocycles. The second-order valence-corrected chi connectivity index (χ2v) is 5.89. The molecule has 1 aromatic carbocycles. The molecule has 20 heavy (non-hydrogen) atoms. The average Bonchev–Trinajstić information content (AvgIpc) is 2.37. The third-order valence-corrected chi connectivity index (χ3v) is 3.91. The van der Waals surface area contributed by atoms with Crippen molar-refractivity contribution in [3.05, 3.63) is 34.1 Å². The molecule has 0 aromatic heterocycles. The molecule has 5 heteroatoms. The van der Waals surface area contributed by atoms with Gasteiger partial charge in [-0.25, -0.2) is 4.39 Å². The van der Waals surface area contributed by atoms with Gasteiger partial charge in [0.05, 0.1) is 0 Å². The summed E-state index contributed by atoms with van der Waals surface area (Å²) in [5.41, 5.74) is 0.964. The first-order valence-electron chi connectivity index (χ1n) is 6.86. The molecule has 0 aliphatic rings. The predicted octanol–water partition coefficient (Wildman–Crippen LogP) is 3.75. The number of rotatable bonds is 8. The van der Waals surface area contributed by atoms with Crippen molar-refractivity contribution >= 4 is 21.9 Å². The largest absolute Gasteiger partial charge is 0.480 e. The topological polar surface area (TPSA) is 49.3 Å². The minimum atomic E-state index is -0.816. The molecule has 0 spiro atoms. The molecule has 2 atom stereocenters. The van der Waals surface area contributed by atoms with Crippen LogP contribution in [-0.2, 0) is 11.2 Å². The van der Waals surface area contributed by atoms with Gasteiger partial charge in [-0.15, -0.1) is 0 Å². The van der Waals surface area contributed by atoms with E-state index in [2.05, 4.69) is 21.2 Å². The zero-order valence-electron chi connectivity index (χ0n) is 11.8. The Hall–Kier alpha value is -0.940. The number of unbranched alkanes of at least 4 members (excludes halogenated alkanes) is 1. The summed E-state index contributed by atoms with van der Waals surface area (Å²) >= 11 is 3.33. The van der Waals surface area contributed by atoms with Crippen LogP contribution < -0.4 is 5.32 Å². The second kappa shape index (κ2) is 8.37. The maximum Gasteiger partial charge on any atom is 0.320 e. The van der Waals surface area contributed by atoms with Gasteiger partial charge >= 0.3 is 5.97 Å². The van der Waals surface area contributed by atoms with Gasteiger partial charge in [-0.3, -0.25) is 4.79 Å². The number of halogens is 2. The Kier molecular flexibility index (Phi) is 7.16. The third kappa shape index (κ3) is 5.59. The molecule has 1 rings (SSSR count). The number of carboxylic acids is 1. The van der Waals surface area contributed by atoms with Crippen LogP contribution in [0.4, 0.5) is 4.39 Å². The Morgan fingerprint density at radius 2 is 2.20 bits per heavy atom. The highest BCUT2D eigenvalue weighted by molar-refractivity contribution is 9.10. The van der Waals surface area contributed by atoms with Crippen LogP contribution in [0, 0.1) is 5.82 Å². The monoisotopic (exact) mass is 345 g/mol. The summed E-state index contributed by atoms with van der Waals surface area (Å²) in [7, 11) is 0. The molecule has 0 radical (unpaired) electrons. The molecular formula is C15H21BrFNO2. The number of hydrogen-bond acceptors (Lipinski definition) is 2. The minimum absolute atomic E-state index is 0.00900. The fourth-order valence-electron chi connectivity index (χ4n) is 2.11. The van der Waals surface area contributed by atoms with E-state index in [1.165, 1.54) is 12.1 Å². The van der Waals surface area contributed by atoms with Crippen molar-refractivity contribution in [3.63, 3.8) is 0 Å². The first kappa shape index (κ1) is 17.1. The number of nitrogens with one attached hydrogen (secondary N) is 1. The lowest BCUT2D eigenvalue weighted by Gasteiger charge is -2.20. The lowest BCUT2D eigenvalue weighted by molar-refractivity contribution is -0.139. The van der Waals surface area contributed by atoms with E-state index in [1.807, 2.05) is 13.8 Å². The smallest absolute Gasteiger partial charge is 0.320 e. The summed E-state index contributed by atoms with van der Waals surface area (Å²) in [6.07, 6.45) is 3.14. The van der Waals surface area contributed by atoms with Crippen molar-refractivity contribution in [2.75, 3.05) is 0 Å². The van der Waals surface area contributed by atoms with Crippen molar-refractivity contribution in [3.8, 4) is 0 Å². The number of benzene rings is 1. The highest BCUT2D eigenvalue weighted by atomic mass is 79.9. The molecule has 1 unspecified atom stereocenters. The molecular weight excluding hydrogens is 325 g/mol. The van der Waals surface area contributed by atoms with Crippen LogP contribution in [0.1, 0.15) is 38.7 Å². The first-order chi connectivity index (χ1) is 9.43. The Balaban J connectivity index is 2.60. The van der Waals surface area contributed by atoms with Crippen LogP contribution in [0.2, 0.25) is 0 Å². The van der Waals surface area contributed by atoms with Gasteiger partial charge in [-0.05, 0) is 37.5 Å². The van der Waals surface area contributed by atoms with Crippen molar-refractivity contribution in [2.45, 2.75) is 51.6 Å². The Morgan fingerprint density at radius 1 is 1.50 bits per heavy atom. The maximum absolute atomic E-state index is 13.0. The highest BCUT2D eigenvalue weighted by Crippen LogP contribution is 2.19. The first-order valence-corrected chi connectivity index (χ1v) is 7.66. The average molecular weight is 346 g/mol. The van der Waals surface area contributed by atoms with E-state index in [-0.39, 0.29) is 11.9 Å². The zero-order valence-corrected chi connectivity index (χ0v) is 13.4. The molecule has 0 heterocycles. The quantitative estimate of drug-likeness (QED) is 0.754. The summed E-state index contributed by atoms with van der Waals surface area (Å²) in [6, 6.07) is 4.05. The molecule has 0 fully saturated rings. The third-order valence-electron chi connectivity index (χ3n) is 3.17. The normalized spacial score (nSPS) is 14.0. The maximum atomic E-state index is 13.0. The summed E-state index contributed by atoms with van der Waals surface area (Å²) in [4.78, 5) is 11.2. The Morgan fingerprint density at radius 3 is 2.75 bits per heavy atom. The number of carbonyl (C=O) groups is 1. The summed E-state index contributed by atoms with van der Waals surface area (Å²) in [5, 5.41) is 12.3. The van der Waals surface area contributed by atoms with Crippen LogP contribution in [0.25, 0.3) is 0 Å². The lowest BCUT2D eigenvalue weighted by atomic mass is 10.0. The Bertz CT molecular complexity index is 453. The second-order valence-electron chi connectivity index (χ2n) is 5.04. The van der Waals surface area contributed by atoms with E-state index in [0.717, 1.165) is 18.4 Å². The van der Waals surface area contributed by atoms with Gasteiger partial charge in [-0.2, -0.15) is 0 Å². The zero-order chi connectivity index (χ0) is 15.1. The van der Waals surface area contributed by atoms with Crippen LogP contribution in [0.15, 0.2) is 22.7 Å². The standard InChI is InChI=1S/C15H21BrFNO2/c1-3-4-5-14(15(19)20)18-10(2)8-11-6-7-12(17)9-13(11)16/h6-7,9-10,14,18H,3-5,8H2,1-2H3,(H,19,20)/t10?,14-/m0/s1. The van der Waals surface area contributed by atoms with Gasteiger partial charge in [0.15, 0.2) is 0 Å². The molecule has 1 aromatic rings. The van der Waals surface area contributed by atoms with Crippen LogP contribution in [-0.4, -0.2) is 23.2 Å². The Labute approximate surface area is 127 Å². The van der Waals surface area contributed by atoms with Crippen molar-refractivity contribution in [1.29, 1.82) is 0 Å².